The van der Waals surface area contributed by atoms with E-state index in [0.29, 0.717) is 6.54 Å². The third-order valence-electron chi connectivity index (χ3n) is 5.51. The van der Waals surface area contributed by atoms with Crippen LogP contribution in [0.3, 0.4) is 0 Å². The second-order valence-electron chi connectivity index (χ2n) is 7.50. The normalized spacial score (nSPS) is 21.7. The molecule has 29 heavy (non-hydrogen) atoms. The van der Waals surface area contributed by atoms with Crippen molar-refractivity contribution in [1.29, 1.82) is 0 Å². The lowest BCUT2D eigenvalue weighted by Gasteiger charge is -2.40. The zero-order chi connectivity index (χ0) is 20.4. The van der Waals surface area contributed by atoms with E-state index in [1.807, 2.05) is 42.2 Å². The standard InChI is InChI=1S/C22H25N3O4/c1-14-11-23-10-9-16(14)12-24-22(27)21-20(15-3-7-18(28-2)8-4-15)25(17-5-6-17)19(26)13-29-21/h3-4,7-11,17,20-21H,5-6,12-13H2,1-2H3,(H,24,27)/t20-,21+/m1/s1. The van der Waals surface area contributed by atoms with Crippen LogP contribution in [0, 0.1) is 6.92 Å². The van der Waals surface area contributed by atoms with Gasteiger partial charge in [-0.3, -0.25) is 14.6 Å². The molecule has 2 heterocycles. The van der Waals surface area contributed by atoms with Gasteiger partial charge in [0.15, 0.2) is 6.10 Å². The van der Waals surface area contributed by atoms with Gasteiger partial charge in [0.25, 0.3) is 5.91 Å². The predicted molar refractivity (Wildman–Crippen MR) is 106 cm³/mol. The fourth-order valence-corrected chi connectivity index (χ4v) is 3.75. The molecule has 1 aliphatic heterocycles. The van der Waals surface area contributed by atoms with E-state index in [1.165, 1.54) is 0 Å². The van der Waals surface area contributed by atoms with E-state index in [-0.39, 0.29) is 24.5 Å². The Balaban J connectivity index is 1.57. The average Bonchev–Trinajstić information content (AvgIpc) is 3.58. The number of benzene rings is 1. The molecule has 7 heteroatoms. The Kier molecular flexibility index (Phi) is 5.49. The molecule has 0 unspecified atom stereocenters. The molecule has 1 aliphatic carbocycles. The number of carbonyl (C=O) groups is 2. The van der Waals surface area contributed by atoms with Crippen molar-refractivity contribution in [3.8, 4) is 5.75 Å². The van der Waals surface area contributed by atoms with Crippen molar-refractivity contribution in [3.63, 3.8) is 0 Å². The Bertz CT molecular complexity index is 895. The fourth-order valence-electron chi connectivity index (χ4n) is 3.75. The minimum absolute atomic E-state index is 0.0673. The van der Waals surface area contributed by atoms with Crippen LogP contribution in [0.4, 0.5) is 0 Å². The number of aromatic nitrogens is 1. The van der Waals surface area contributed by atoms with Crippen molar-refractivity contribution >= 4 is 11.8 Å². The highest BCUT2D eigenvalue weighted by molar-refractivity contribution is 5.86. The maximum atomic E-state index is 13.1. The van der Waals surface area contributed by atoms with Gasteiger partial charge in [-0.1, -0.05) is 12.1 Å². The summed E-state index contributed by atoms with van der Waals surface area (Å²) in [6.45, 7) is 2.27. The van der Waals surface area contributed by atoms with E-state index in [1.54, 1.807) is 19.5 Å². The molecule has 0 spiro atoms. The Morgan fingerprint density at radius 1 is 1.28 bits per heavy atom. The molecule has 7 nitrogen and oxygen atoms in total. The molecule has 4 rings (SSSR count). The van der Waals surface area contributed by atoms with E-state index < -0.39 is 12.1 Å². The van der Waals surface area contributed by atoms with Gasteiger partial charge in [0.1, 0.15) is 12.4 Å². The Labute approximate surface area is 170 Å². The van der Waals surface area contributed by atoms with Crippen molar-refractivity contribution in [1.82, 2.24) is 15.2 Å². The largest absolute Gasteiger partial charge is 0.497 e. The first-order valence-electron chi connectivity index (χ1n) is 9.82. The number of nitrogens with zero attached hydrogens (tertiary/aromatic N) is 2. The molecule has 1 aromatic carbocycles. The minimum Gasteiger partial charge on any atom is -0.497 e. The number of morpholine rings is 1. The number of aryl methyl sites for hydroxylation is 1. The highest BCUT2D eigenvalue weighted by Crippen LogP contribution is 2.39. The molecule has 2 aliphatic rings. The highest BCUT2D eigenvalue weighted by Gasteiger charge is 2.47. The third-order valence-corrected chi connectivity index (χ3v) is 5.51. The number of rotatable bonds is 6. The lowest BCUT2D eigenvalue weighted by molar-refractivity contribution is -0.165. The Morgan fingerprint density at radius 3 is 2.69 bits per heavy atom. The summed E-state index contributed by atoms with van der Waals surface area (Å²) in [5.74, 6) is 0.437. The fraction of sp³-hybridized carbons (Fsp3) is 0.409. The smallest absolute Gasteiger partial charge is 0.251 e. The van der Waals surface area contributed by atoms with Gasteiger partial charge >= 0.3 is 0 Å². The first kappa shape index (κ1) is 19.4. The molecule has 2 atom stereocenters. The summed E-state index contributed by atoms with van der Waals surface area (Å²) in [5.41, 5.74) is 2.88. The maximum absolute atomic E-state index is 13.1. The van der Waals surface area contributed by atoms with Crippen molar-refractivity contribution < 1.29 is 19.1 Å². The molecule has 1 aromatic heterocycles. The molecule has 2 aromatic rings. The maximum Gasteiger partial charge on any atom is 0.251 e. The van der Waals surface area contributed by atoms with Crippen LogP contribution in [0.1, 0.15) is 35.6 Å². The van der Waals surface area contributed by atoms with E-state index in [2.05, 4.69) is 10.3 Å². The van der Waals surface area contributed by atoms with Crippen LogP contribution >= 0.6 is 0 Å². The minimum atomic E-state index is -0.760. The molecule has 1 N–H and O–H groups in total. The zero-order valence-corrected chi connectivity index (χ0v) is 16.6. The first-order valence-corrected chi connectivity index (χ1v) is 9.82. The molecule has 1 saturated heterocycles. The van der Waals surface area contributed by atoms with Crippen LogP contribution in [-0.4, -0.2) is 47.6 Å². The SMILES string of the molecule is COc1ccc([C@@H]2[C@@H](C(=O)NCc3ccncc3C)OCC(=O)N2C2CC2)cc1. The lowest BCUT2D eigenvalue weighted by Crippen LogP contribution is -2.55. The Hall–Kier alpha value is -2.93. The van der Waals surface area contributed by atoms with Gasteiger partial charge in [-0.15, -0.1) is 0 Å². The molecule has 2 fully saturated rings. The van der Waals surface area contributed by atoms with Gasteiger partial charge in [-0.25, -0.2) is 0 Å². The molecule has 0 bridgehead atoms. The summed E-state index contributed by atoms with van der Waals surface area (Å²) >= 11 is 0. The van der Waals surface area contributed by atoms with E-state index in [9.17, 15) is 9.59 Å². The number of pyridine rings is 1. The topological polar surface area (TPSA) is 80.8 Å². The van der Waals surface area contributed by atoms with Crippen molar-refractivity contribution in [3.05, 3.63) is 59.4 Å². The quantitative estimate of drug-likeness (QED) is 0.811. The molecule has 0 radical (unpaired) electrons. The second-order valence-corrected chi connectivity index (χ2v) is 7.50. The zero-order valence-electron chi connectivity index (χ0n) is 16.6. The van der Waals surface area contributed by atoms with E-state index >= 15 is 0 Å². The van der Waals surface area contributed by atoms with Gasteiger partial charge < -0.3 is 19.7 Å². The number of amides is 2. The Morgan fingerprint density at radius 2 is 2.03 bits per heavy atom. The number of hydrogen-bond donors (Lipinski definition) is 1. The molecule has 2 amide bonds. The summed E-state index contributed by atoms with van der Waals surface area (Å²) < 4.78 is 11.0. The van der Waals surface area contributed by atoms with Crippen molar-refractivity contribution in [2.75, 3.05) is 13.7 Å². The van der Waals surface area contributed by atoms with Crippen LogP contribution in [0.5, 0.6) is 5.75 Å². The molecule has 1 saturated carbocycles. The third kappa shape index (κ3) is 4.10. The number of hydrogen-bond acceptors (Lipinski definition) is 5. The lowest BCUT2D eigenvalue weighted by atomic mass is 9.96. The van der Waals surface area contributed by atoms with Gasteiger partial charge in [-0.2, -0.15) is 0 Å². The van der Waals surface area contributed by atoms with E-state index in [4.69, 9.17) is 9.47 Å². The number of ether oxygens (including phenoxy) is 2. The van der Waals surface area contributed by atoms with Crippen LogP contribution in [0.15, 0.2) is 42.7 Å². The molecular formula is C22H25N3O4. The van der Waals surface area contributed by atoms with Crippen molar-refractivity contribution in [2.24, 2.45) is 0 Å². The van der Waals surface area contributed by atoms with Crippen LogP contribution < -0.4 is 10.1 Å². The molecular weight excluding hydrogens is 370 g/mol. The van der Waals surface area contributed by atoms with Crippen LogP contribution in [0.2, 0.25) is 0 Å². The van der Waals surface area contributed by atoms with Gasteiger partial charge in [0.2, 0.25) is 5.91 Å². The summed E-state index contributed by atoms with van der Waals surface area (Å²) in [5, 5.41) is 2.97. The summed E-state index contributed by atoms with van der Waals surface area (Å²) in [4.78, 5) is 31.6. The molecule has 152 valence electrons. The summed E-state index contributed by atoms with van der Waals surface area (Å²) in [6, 6.07) is 9.09. The van der Waals surface area contributed by atoms with Gasteiger partial charge in [-0.05, 0) is 54.7 Å². The number of methoxy groups -OCH3 is 1. The van der Waals surface area contributed by atoms with Crippen LogP contribution in [-0.2, 0) is 20.9 Å². The number of nitrogens with one attached hydrogen (secondary N) is 1. The average molecular weight is 395 g/mol. The van der Waals surface area contributed by atoms with Crippen LogP contribution in [0.25, 0.3) is 0 Å². The summed E-state index contributed by atoms with van der Waals surface area (Å²) in [6.07, 6.45) is 4.64. The van der Waals surface area contributed by atoms with Gasteiger partial charge in [0, 0.05) is 25.0 Å². The monoisotopic (exact) mass is 395 g/mol. The van der Waals surface area contributed by atoms with Gasteiger partial charge in [0.05, 0.1) is 13.2 Å². The highest BCUT2D eigenvalue weighted by atomic mass is 16.5. The predicted octanol–water partition coefficient (Wildman–Crippen LogP) is 2.15. The first-order chi connectivity index (χ1) is 14.1. The van der Waals surface area contributed by atoms with E-state index in [0.717, 1.165) is 35.3 Å². The van der Waals surface area contributed by atoms with Crippen molar-refractivity contribution in [2.45, 2.75) is 44.5 Å². The second kappa shape index (κ2) is 8.21. The summed E-state index contributed by atoms with van der Waals surface area (Å²) in [7, 11) is 1.61. The number of carbonyl (C=O) groups excluding carboxylic acids is 2.